The van der Waals surface area contributed by atoms with Gasteiger partial charge in [-0.1, -0.05) is 26.1 Å². The molecule has 0 radical (unpaired) electrons. The van der Waals surface area contributed by atoms with Gasteiger partial charge in [-0.25, -0.2) is 0 Å². The molecular formula is C26H37N3O3Si. The molecule has 0 atom stereocenters. The zero-order valence-corrected chi connectivity index (χ0v) is 21.5. The number of nitriles is 1. The standard InChI is InChI=1S/C26H37N3O3Si/c1-31-21-8-9-22-23(17-29(24(22)16-21)19-32-14-15-33(2,3)4)26(18-27)10-12-28(13-11-26)25(30)20-6-5-7-20/h8-9,16-17,20H,5-7,10-15,19H2,1-4H3. The van der Waals surface area contributed by atoms with Gasteiger partial charge in [-0.2, -0.15) is 5.26 Å². The van der Waals surface area contributed by atoms with E-state index in [0.29, 0.717) is 32.7 Å². The third-order valence-electron chi connectivity index (χ3n) is 7.43. The lowest BCUT2D eigenvalue weighted by atomic mass is 9.73. The third-order valence-corrected chi connectivity index (χ3v) is 9.13. The van der Waals surface area contributed by atoms with Crippen molar-refractivity contribution in [2.75, 3.05) is 26.8 Å². The molecule has 1 amide bonds. The maximum Gasteiger partial charge on any atom is 0.225 e. The summed E-state index contributed by atoms with van der Waals surface area (Å²) in [7, 11) is 0.517. The van der Waals surface area contributed by atoms with Crippen LogP contribution in [0.5, 0.6) is 5.75 Å². The minimum Gasteiger partial charge on any atom is -0.497 e. The molecule has 2 heterocycles. The number of carbonyl (C=O) groups excluding carboxylic acids is 1. The highest BCUT2D eigenvalue weighted by Gasteiger charge is 2.41. The first-order chi connectivity index (χ1) is 15.8. The fraction of sp³-hybridized carbons (Fsp3) is 0.615. The number of amides is 1. The number of carbonyl (C=O) groups is 1. The molecule has 0 unspecified atom stereocenters. The second-order valence-electron chi connectivity index (χ2n) is 10.9. The van der Waals surface area contributed by atoms with E-state index in [0.717, 1.165) is 54.1 Å². The van der Waals surface area contributed by atoms with Crippen LogP contribution in [0.3, 0.4) is 0 Å². The zero-order valence-electron chi connectivity index (χ0n) is 20.5. The van der Waals surface area contributed by atoms with E-state index < -0.39 is 13.5 Å². The molecule has 4 rings (SSSR count). The molecule has 1 aliphatic carbocycles. The van der Waals surface area contributed by atoms with Gasteiger partial charge in [0.15, 0.2) is 0 Å². The SMILES string of the molecule is COc1ccc2c(C3(C#N)CCN(C(=O)C4CCC4)CC3)cn(COCC[Si](C)(C)C)c2c1. The van der Waals surface area contributed by atoms with Gasteiger partial charge in [-0.05, 0) is 49.4 Å². The van der Waals surface area contributed by atoms with Crippen LogP contribution in [0.2, 0.25) is 25.7 Å². The third kappa shape index (κ3) is 4.97. The molecule has 6 nitrogen and oxygen atoms in total. The number of rotatable bonds is 8. The molecule has 0 spiro atoms. The fourth-order valence-electron chi connectivity index (χ4n) is 4.89. The smallest absolute Gasteiger partial charge is 0.225 e. The summed E-state index contributed by atoms with van der Waals surface area (Å²) in [5.41, 5.74) is 1.49. The van der Waals surface area contributed by atoms with E-state index in [4.69, 9.17) is 9.47 Å². The molecule has 1 aromatic heterocycles. The molecule has 1 aliphatic heterocycles. The zero-order chi connectivity index (χ0) is 23.6. The summed E-state index contributed by atoms with van der Waals surface area (Å²) in [6.45, 7) is 9.56. The fourth-order valence-corrected chi connectivity index (χ4v) is 5.65. The minimum atomic E-state index is -1.16. The van der Waals surface area contributed by atoms with Crippen molar-refractivity contribution in [2.45, 2.75) is 69.9 Å². The summed E-state index contributed by atoms with van der Waals surface area (Å²) in [5.74, 6) is 1.29. The maximum atomic E-state index is 12.7. The van der Waals surface area contributed by atoms with E-state index in [-0.39, 0.29) is 11.8 Å². The summed E-state index contributed by atoms with van der Waals surface area (Å²) in [5, 5.41) is 11.4. The lowest BCUT2D eigenvalue weighted by Gasteiger charge is -2.40. The van der Waals surface area contributed by atoms with Crippen LogP contribution in [0.25, 0.3) is 10.9 Å². The van der Waals surface area contributed by atoms with Gasteiger partial charge < -0.3 is 18.9 Å². The van der Waals surface area contributed by atoms with Crippen molar-refractivity contribution in [3.05, 3.63) is 30.0 Å². The van der Waals surface area contributed by atoms with E-state index >= 15 is 0 Å². The molecule has 1 saturated carbocycles. The largest absolute Gasteiger partial charge is 0.497 e. The minimum absolute atomic E-state index is 0.210. The Morgan fingerprint density at radius 2 is 1.97 bits per heavy atom. The first-order valence-corrected chi connectivity index (χ1v) is 15.9. The Hall–Kier alpha value is -2.30. The molecule has 33 heavy (non-hydrogen) atoms. The number of aromatic nitrogens is 1. The van der Waals surface area contributed by atoms with Gasteiger partial charge in [0, 0.05) is 51.3 Å². The summed E-state index contributed by atoms with van der Waals surface area (Å²) < 4.78 is 13.6. The maximum absolute atomic E-state index is 12.7. The molecule has 2 aliphatic rings. The van der Waals surface area contributed by atoms with Gasteiger partial charge in [0.1, 0.15) is 12.5 Å². The van der Waals surface area contributed by atoms with Gasteiger partial charge >= 0.3 is 0 Å². The van der Waals surface area contributed by atoms with E-state index in [9.17, 15) is 10.1 Å². The van der Waals surface area contributed by atoms with Crippen LogP contribution < -0.4 is 4.74 Å². The molecule has 2 aromatic rings. The Kier molecular flexibility index (Phi) is 6.87. The molecule has 0 bridgehead atoms. The molecule has 0 N–H and O–H groups in total. The summed E-state index contributed by atoms with van der Waals surface area (Å²) in [4.78, 5) is 14.7. The van der Waals surface area contributed by atoms with Crippen LogP contribution in [-0.4, -0.2) is 50.3 Å². The van der Waals surface area contributed by atoms with Crippen molar-refractivity contribution in [3.63, 3.8) is 0 Å². The number of methoxy groups -OCH3 is 1. The topological polar surface area (TPSA) is 67.5 Å². The average Bonchev–Trinajstić information content (AvgIpc) is 3.13. The molecule has 1 aromatic carbocycles. The highest BCUT2D eigenvalue weighted by atomic mass is 28.3. The van der Waals surface area contributed by atoms with Gasteiger partial charge in [0.2, 0.25) is 5.91 Å². The predicted molar refractivity (Wildman–Crippen MR) is 133 cm³/mol. The number of piperidine rings is 1. The van der Waals surface area contributed by atoms with E-state index in [1.807, 2.05) is 17.0 Å². The number of ether oxygens (including phenoxy) is 2. The van der Waals surface area contributed by atoms with Crippen LogP contribution >= 0.6 is 0 Å². The second kappa shape index (κ2) is 9.52. The number of hydrogen-bond acceptors (Lipinski definition) is 4. The van der Waals surface area contributed by atoms with Gasteiger partial charge in [-0.3, -0.25) is 4.79 Å². The second-order valence-corrected chi connectivity index (χ2v) is 16.5. The first kappa shape index (κ1) is 23.8. The van der Waals surface area contributed by atoms with Crippen LogP contribution in [0.4, 0.5) is 0 Å². The van der Waals surface area contributed by atoms with Crippen LogP contribution in [0, 0.1) is 17.2 Å². The quantitative estimate of drug-likeness (QED) is 0.398. The van der Waals surface area contributed by atoms with Crippen molar-refractivity contribution in [2.24, 2.45) is 5.92 Å². The number of fused-ring (bicyclic) bond motifs is 1. The molecule has 2 fully saturated rings. The van der Waals surface area contributed by atoms with Gasteiger partial charge in [0.25, 0.3) is 0 Å². The van der Waals surface area contributed by atoms with Crippen LogP contribution in [0.1, 0.15) is 37.7 Å². The Labute approximate surface area is 198 Å². The van der Waals surface area contributed by atoms with Gasteiger partial charge in [-0.15, -0.1) is 0 Å². The van der Waals surface area contributed by atoms with Crippen molar-refractivity contribution >= 4 is 24.9 Å². The molecule has 178 valence electrons. The number of benzene rings is 1. The summed E-state index contributed by atoms with van der Waals surface area (Å²) in [6, 6.07) is 9.83. The first-order valence-electron chi connectivity index (χ1n) is 12.2. The Bertz CT molecular complexity index is 1040. The Balaban J connectivity index is 1.58. The Morgan fingerprint density at radius 1 is 1.24 bits per heavy atom. The van der Waals surface area contributed by atoms with E-state index in [1.54, 1.807) is 7.11 Å². The normalized spacial score (nSPS) is 18.7. The van der Waals surface area contributed by atoms with E-state index in [2.05, 4.69) is 42.5 Å². The molecular weight excluding hydrogens is 430 g/mol. The van der Waals surface area contributed by atoms with Crippen molar-refractivity contribution < 1.29 is 14.3 Å². The van der Waals surface area contributed by atoms with Crippen molar-refractivity contribution in [1.82, 2.24) is 9.47 Å². The summed E-state index contributed by atoms with van der Waals surface area (Å²) >= 11 is 0. The Morgan fingerprint density at radius 3 is 2.55 bits per heavy atom. The lowest BCUT2D eigenvalue weighted by molar-refractivity contribution is -0.139. The van der Waals surface area contributed by atoms with Gasteiger partial charge in [0.05, 0.1) is 24.1 Å². The predicted octanol–water partition coefficient (Wildman–Crippen LogP) is 5.15. The number of likely N-dealkylation sites (tertiary alicyclic amines) is 1. The van der Waals surface area contributed by atoms with Crippen molar-refractivity contribution in [3.8, 4) is 11.8 Å². The molecule has 1 saturated heterocycles. The average molecular weight is 468 g/mol. The highest BCUT2D eigenvalue weighted by molar-refractivity contribution is 6.76. The number of nitrogens with zero attached hydrogens (tertiary/aromatic N) is 3. The monoisotopic (exact) mass is 467 g/mol. The lowest BCUT2D eigenvalue weighted by Crippen LogP contribution is -2.47. The van der Waals surface area contributed by atoms with Crippen molar-refractivity contribution in [1.29, 1.82) is 5.26 Å². The summed E-state index contributed by atoms with van der Waals surface area (Å²) in [6.07, 6.45) is 6.64. The highest BCUT2D eigenvalue weighted by Crippen LogP contribution is 2.41. The molecule has 7 heteroatoms. The van der Waals surface area contributed by atoms with Crippen LogP contribution in [-0.2, 0) is 21.7 Å². The van der Waals surface area contributed by atoms with Crippen LogP contribution in [0.15, 0.2) is 24.4 Å². The number of hydrogen-bond donors (Lipinski definition) is 0. The van der Waals surface area contributed by atoms with E-state index in [1.165, 1.54) is 0 Å².